The summed E-state index contributed by atoms with van der Waals surface area (Å²) >= 11 is 0. The topological polar surface area (TPSA) is 66.2 Å². The highest BCUT2D eigenvalue weighted by atomic mass is 16.3. The van der Waals surface area contributed by atoms with Gasteiger partial charge in [0.15, 0.2) is 0 Å². The average molecular weight is 412 g/mol. The van der Waals surface area contributed by atoms with Crippen LogP contribution >= 0.6 is 0 Å². The van der Waals surface area contributed by atoms with Crippen LogP contribution in [0.1, 0.15) is 77.3 Å². The molecule has 4 rings (SSSR count). The minimum atomic E-state index is -0.147. The van der Waals surface area contributed by atoms with Crippen molar-refractivity contribution in [2.75, 3.05) is 25.0 Å². The minimum Gasteiger partial charge on any atom is -0.393 e. The maximum Gasteiger partial charge on any atom is 0.224 e. The fraction of sp³-hybridized carbons (Fsp3) is 0.667. The van der Waals surface area contributed by atoms with Gasteiger partial charge in [-0.15, -0.1) is 0 Å². The summed E-state index contributed by atoms with van der Waals surface area (Å²) in [7, 11) is 0. The van der Waals surface area contributed by atoms with Crippen LogP contribution in [-0.2, 0) is 0 Å². The number of anilines is 1. The first-order chi connectivity index (χ1) is 14.6. The molecular formula is C24H37N5O. The third-order valence-electron chi connectivity index (χ3n) is 6.76. The van der Waals surface area contributed by atoms with Crippen molar-refractivity contribution >= 4 is 22.6 Å². The van der Waals surface area contributed by atoms with Crippen LogP contribution in [0, 0.1) is 0 Å². The second kappa shape index (κ2) is 9.48. The molecule has 0 unspecified atom stereocenters. The van der Waals surface area contributed by atoms with Gasteiger partial charge in [0.05, 0.1) is 6.10 Å². The Kier molecular flexibility index (Phi) is 6.74. The van der Waals surface area contributed by atoms with Gasteiger partial charge >= 0.3 is 0 Å². The van der Waals surface area contributed by atoms with Crippen LogP contribution in [0.2, 0.25) is 0 Å². The van der Waals surface area contributed by atoms with Gasteiger partial charge in [-0.05, 0) is 57.9 Å². The van der Waals surface area contributed by atoms with Crippen LogP contribution in [0.25, 0.3) is 16.6 Å². The van der Waals surface area contributed by atoms with Crippen LogP contribution < -0.4 is 5.32 Å². The summed E-state index contributed by atoms with van der Waals surface area (Å²) in [4.78, 5) is 12.1. The van der Waals surface area contributed by atoms with Gasteiger partial charge in [-0.3, -0.25) is 4.90 Å². The first-order valence-corrected chi connectivity index (χ1v) is 11.8. The van der Waals surface area contributed by atoms with Crippen LogP contribution in [-0.4, -0.2) is 56.3 Å². The second-order valence-electron chi connectivity index (χ2n) is 9.19. The van der Waals surface area contributed by atoms with E-state index in [9.17, 15) is 5.11 Å². The molecule has 2 N–H and O–H groups in total. The lowest BCUT2D eigenvalue weighted by Gasteiger charge is -2.29. The van der Waals surface area contributed by atoms with Gasteiger partial charge in [-0.25, -0.2) is 4.98 Å². The quantitative estimate of drug-likeness (QED) is 0.651. The predicted molar refractivity (Wildman–Crippen MR) is 124 cm³/mol. The van der Waals surface area contributed by atoms with Gasteiger partial charge < -0.3 is 15.0 Å². The zero-order chi connectivity index (χ0) is 21.1. The van der Waals surface area contributed by atoms with Crippen molar-refractivity contribution in [2.24, 2.45) is 0 Å². The molecule has 0 saturated heterocycles. The molecule has 3 heterocycles. The van der Waals surface area contributed by atoms with E-state index in [2.05, 4.69) is 52.8 Å². The standard InChI is InChI=1S/C24H37N5O/c1-4-5-12-25-24-26-15-21-22(18-10-13-28(14-11-18)17(2)3)16-29(23(21)27-24)19-6-8-20(30)9-7-19/h10,15-17,19-20,30H,4-9,11-14H2,1-3H3,(H,25,26,27). The molecule has 6 heteroatoms. The molecular weight excluding hydrogens is 374 g/mol. The minimum absolute atomic E-state index is 0.147. The SMILES string of the molecule is CCCCNc1ncc2c(C3=CCN(C(C)C)CC3)cn(C3CCC(O)CC3)c2n1. The molecule has 0 spiro atoms. The summed E-state index contributed by atoms with van der Waals surface area (Å²) < 4.78 is 2.37. The molecule has 0 bridgehead atoms. The van der Waals surface area contributed by atoms with Crippen LogP contribution in [0.15, 0.2) is 18.5 Å². The van der Waals surface area contributed by atoms with E-state index in [4.69, 9.17) is 4.98 Å². The molecule has 0 aromatic carbocycles. The smallest absolute Gasteiger partial charge is 0.224 e. The van der Waals surface area contributed by atoms with Gasteiger partial charge in [-0.1, -0.05) is 19.4 Å². The second-order valence-corrected chi connectivity index (χ2v) is 9.19. The zero-order valence-electron chi connectivity index (χ0n) is 18.8. The van der Waals surface area contributed by atoms with Crippen molar-refractivity contribution < 1.29 is 5.11 Å². The highest BCUT2D eigenvalue weighted by molar-refractivity contribution is 5.91. The molecule has 2 aromatic heterocycles. The third kappa shape index (κ3) is 4.54. The van der Waals surface area contributed by atoms with Gasteiger partial charge in [0.25, 0.3) is 0 Å². The number of nitrogens with zero attached hydrogens (tertiary/aromatic N) is 4. The van der Waals surface area contributed by atoms with E-state index >= 15 is 0 Å². The fourth-order valence-electron chi connectivity index (χ4n) is 4.76. The Morgan fingerprint density at radius 1 is 1.23 bits per heavy atom. The van der Waals surface area contributed by atoms with E-state index in [-0.39, 0.29) is 6.10 Å². The molecule has 164 valence electrons. The number of hydrogen-bond acceptors (Lipinski definition) is 5. The van der Waals surface area contributed by atoms with Crippen molar-refractivity contribution in [1.29, 1.82) is 0 Å². The van der Waals surface area contributed by atoms with E-state index in [0.29, 0.717) is 12.1 Å². The van der Waals surface area contributed by atoms with E-state index < -0.39 is 0 Å². The Labute approximate surface area is 180 Å². The predicted octanol–water partition coefficient (Wildman–Crippen LogP) is 4.62. The number of unbranched alkanes of at least 4 members (excludes halogenated alkanes) is 1. The molecule has 0 atom stereocenters. The Bertz CT molecular complexity index is 879. The molecule has 1 aliphatic carbocycles. The molecule has 1 fully saturated rings. The van der Waals surface area contributed by atoms with E-state index in [1.54, 1.807) is 0 Å². The van der Waals surface area contributed by atoms with Crippen LogP contribution in [0.3, 0.4) is 0 Å². The summed E-state index contributed by atoms with van der Waals surface area (Å²) in [5.74, 6) is 0.723. The zero-order valence-corrected chi connectivity index (χ0v) is 18.8. The van der Waals surface area contributed by atoms with Crippen molar-refractivity contribution in [3.8, 4) is 0 Å². The molecule has 6 nitrogen and oxygen atoms in total. The Balaban J connectivity index is 1.68. The van der Waals surface area contributed by atoms with Gasteiger partial charge in [-0.2, -0.15) is 4.98 Å². The largest absolute Gasteiger partial charge is 0.393 e. The number of aliphatic hydroxyl groups is 1. The highest BCUT2D eigenvalue weighted by Crippen LogP contribution is 2.36. The normalized spacial score (nSPS) is 23.2. The van der Waals surface area contributed by atoms with E-state index in [1.807, 2.05) is 6.20 Å². The van der Waals surface area contributed by atoms with Crippen molar-refractivity contribution in [2.45, 2.75) is 83.9 Å². The molecule has 1 aliphatic heterocycles. The van der Waals surface area contributed by atoms with Crippen molar-refractivity contribution in [3.63, 3.8) is 0 Å². The molecule has 2 aliphatic rings. The Morgan fingerprint density at radius 2 is 2.03 bits per heavy atom. The van der Waals surface area contributed by atoms with E-state index in [1.165, 1.54) is 11.1 Å². The lowest BCUT2D eigenvalue weighted by molar-refractivity contribution is 0.111. The Hall–Kier alpha value is -1.92. The number of hydrogen-bond donors (Lipinski definition) is 2. The highest BCUT2D eigenvalue weighted by Gasteiger charge is 2.25. The first-order valence-electron chi connectivity index (χ1n) is 11.8. The van der Waals surface area contributed by atoms with Gasteiger partial charge in [0.1, 0.15) is 5.65 Å². The molecule has 1 saturated carbocycles. The van der Waals surface area contributed by atoms with E-state index in [0.717, 1.165) is 81.6 Å². The number of nitrogens with one attached hydrogen (secondary N) is 1. The van der Waals surface area contributed by atoms with Gasteiger partial charge in [0, 0.05) is 55.1 Å². The molecule has 30 heavy (non-hydrogen) atoms. The first kappa shape index (κ1) is 21.3. The number of aromatic nitrogens is 3. The number of rotatable bonds is 7. The maximum absolute atomic E-state index is 9.97. The van der Waals surface area contributed by atoms with Crippen LogP contribution in [0.4, 0.5) is 5.95 Å². The molecule has 2 aromatic rings. The summed E-state index contributed by atoms with van der Waals surface area (Å²) in [6.07, 6.45) is 13.7. The lowest BCUT2D eigenvalue weighted by atomic mass is 9.93. The lowest BCUT2D eigenvalue weighted by Crippen LogP contribution is -2.34. The van der Waals surface area contributed by atoms with Crippen molar-refractivity contribution in [3.05, 3.63) is 24.0 Å². The monoisotopic (exact) mass is 411 g/mol. The van der Waals surface area contributed by atoms with Crippen LogP contribution in [0.5, 0.6) is 0 Å². The summed E-state index contributed by atoms with van der Waals surface area (Å²) in [6, 6.07) is 0.984. The summed E-state index contributed by atoms with van der Waals surface area (Å²) in [5, 5.41) is 14.5. The molecule has 0 amide bonds. The fourth-order valence-corrected chi connectivity index (χ4v) is 4.76. The number of fused-ring (bicyclic) bond motifs is 1. The summed E-state index contributed by atoms with van der Waals surface area (Å²) in [6.45, 7) is 9.74. The third-order valence-corrected chi connectivity index (χ3v) is 6.76. The maximum atomic E-state index is 9.97. The summed E-state index contributed by atoms with van der Waals surface area (Å²) in [5.41, 5.74) is 3.74. The molecule has 0 radical (unpaired) electrons. The number of aliphatic hydroxyl groups excluding tert-OH is 1. The van der Waals surface area contributed by atoms with Gasteiger partial charge in [0.2, 0.25) is 5.95 Å². The van der Waals surface area contributed by atoms with Crippen molar-refractivity contribution in [1.82, 2.24) is 19.4 Å². The average Bonchev–Trinajstić information content (AvgIpc) is 3.13. The Morgan fingerprint density at radius 3 is 2.70 bits per heavy atom.